The average molecular weight is 242 g/mol. The van der Waals surface area contributed by atoms with Gasteiger partial charge >= 0.3 is 0 Å². The number of hydrogen-bond donors (Lipinski definition) is 1. The Morgan fingerprint density at radius 2 is 1.76 bits per heavy atom. The molecule has 0 saturated carbocycles. The molecule has 3 aromatic rings. The maximum atomic E-state index is 5.84. The fourth-order valence-electron chi connectivity index (χ4n) is 1.61. The number of benzene rings is 2. The lowest BCUT2D eigenvalue weighted by molar-refractivity contribution is 0.504. The minimum absolute atomic E-state index is 0.630. The number of nitrogen functional groups attached to an aromatic ring is 1. The van der Waals surface area contributed by atoms with Gasteiger partial charge in [-0.15, -0.1) is 0 Å². The van der Waals surface area contributed by atoms with E-state index < -0.39 is 0 Å². The lowest BCUT2D eigenvalue weighted by atomic mass is 10.2. The number of fused-ring (bicyclic) bond motifs is 1. The summed E-state index contributed by atoms with van der Waals surface area (Å²) in [6, 6.07) is 15.3. The smallest absolute Gasteiger partial charge is 0.208 e. The van der Waals surface area contributed by atoms with E-state index in [0.717, 1.165) is 16.0 Å². The second-order valence-electron chi connectivity index (χ2n) is 3.63. The van der Waals surface area contributed by atoms with Gasteiger partial charge in [-0.05, 0) is 24.3 Å². The highest BCUT2D eigenvalue weighted by Crippen LogP contribution is 2.35. The summed E-state index contributed by atoms with van der Waals surface area (Å²) in [5.41, 5.74) is 7.42. The van der Waals surface area contributed by atoms with Gasteiger partial charge in [0.2, 0.25) is 5.06 Å². The molecule has 0 spiro atoms. The molecule has 0 aliphatic heterocycles. The van der Waals surface area contributed by atoms with E-state index in [9.17, 15) is 0 Å². The van der Waals surface area contributed by atoms with Crippen LogP contribution in [-0.2, 0) is 0 Å². The van der Waals surface area contributed by atoms with Crippen LogP contribution in [0.3, 0.4) is 0 Å². The van der Waals surface area contributed by atoms with Crippen LogP contribution in [0.4, 0.5) is 5.69 Å². The van der Waals surface area contributed by atoms with E-state index >= 15 is 0 Å². The average Bonchev–Trinajstić information content (AvgIpc) is 2.76. The first kappa shape index (κ1) is 10.1. The van der Waals surface area contributed by atoms with Gasteiger partial charge < -0.3 is 10.5 Å². The Bertz CT molecular complexity index is 663. The van der Waals surface area contributed by atoms with Crippen LogP contribution in [0.15, 0.2) is 48.5 Å². The molecule has 1 heterocycles. The zero-order valence-corrected chi connectivity index (χ0v) is 9.78. The Labute approximate surface area is 103 Å². The van der Waals surface area contributed by atoms with Gasteiger partial charge in [0.25, 0.3) is 0 Å². The van der Waals surface area contributed by atoms with Crippen LogP contribution in [0.2, 0.25) is 0 Å². The monoisotopic (exact) mass is 242 g/mol. The number of nitrogens with two attached hydrogens (primary N) is 1. The molecular formula is C13H10N2OS. The van der Waals surface area contributed by atoms with Gasteiger partial charge in [0.05, 0.1) is 16.6 Å². The van der Waals surface area contributed by atoms with Crippen LogP contribution in [0.5, 0.6) is 10.8 Å². The van der Waals surface area contributed by atoms with Crippen molar-refractivity contribution in [3.63, 3.8) is 0 Å². The molecule has 2 aromatic carbocycles. The molecule has 1 aromatic heterocycles. The van der Waals surface area contributed by atoms with Crippen LogP contribution in [0.25, 0.3) is 10.9 Å². The molecule has 2 N–H and O–H groups in total. The fourth-order valence-corrected chi connectivity index (χ4v) is 2.35. The van der Waals surface area contributed by atoms with Crippen LogP contribution in [-0.4, -0.2) is 4.37 Å². The first-order chi connectivity index (χ1) is 8.34. The molecule has 84 valence electrons. The maximum Gasteiger partial charge on any atom is 0.208 e. The van der Waals surface area contributed by atoms with E-state index in [1.807, 2.05) is 48.5 Å². The molecule has 0 radical (unpaired) electrons. The minimum atomic E-state index is 0.630. The highest BCUT2D eigenvalue weighted by molar-refractivity contribution is 7.09. The van der Waals surface area contributed by atoms with Crippen molar-refractivity contribution in [1.82, 2.24) is 4.37 Å². The van der Waals surface area contributed by atoms with E-state index in [0.29, 0.717) is 11.4 Å². The Balaban J connectivity index is 2.03. The fraction of sp³-hybridized carbons (Fsp3) is 0. The lowest BCUT2D eigenvalue weighted by Gasteiger charge is -2.05. The van der Waals surface area contributed by atoms with Crippen molar-refractivity contribution in [2.45, 2.75) is 0 Å². The summed E-state index contributed by atoms with van der Waals surface area (Å²) in [7, 11) is 0. The zero-order chi connectivity index (χ0) is 11.7. The zero-order valence-electron chi connectivity index (χ0n) is 8.96. The number of aromatic nitrogens is 1. The van der Waals surface area contributed by atoms with Gasteiger partial charge in [-0.25, -0.2) is 0 Å². The molecule has 0 atom stereocenters. The topological polar surface area (TPSA) is 48.1 Å². The Kier molecular flexibility index (Phi) is 2.42. The first-order valence-corrected chi connectivity index (χ1v) is 5.99. The van der Waals surface area contributed by atoms with Crippen molar-refractivity contribution in [3.8, 4) is 10.8 Å². The molecule has 0 amide bonds. The third-order valence-electron chi connectivity index (χ3n) is 2.47. The quantitative estimate of drug-likeness (QED) is 0.697. The number of hydrogen-bond acceptors (Lipinski definition) is 4. The molecule has 0 fully saturated rings. The second kappa shape index (κ2) is 4.07. The summed E-state index contributed by atoms with van der Waals surface area (Å²) < 4.78 is 10.1. The largest absolute Gasteiger partial charge is 0.442 e. The van der Waals surface area contributed by atoms with E-state index in [2.05, 4.69) is 4.37 Å². The molecule has 0 aliphatic carbocycles. The van der Waals surface area contributed by atoms with E-state index in [1.165, 1.54) is 11.5 Å². The summed E-state index contributed by atoms with van der Waals surface area (Å²) >= 11 is 1.34. The summed E-state index contributed by atoms with van der Waals surface area (Å²) in [4.78, 5) is 0. The van der Waals surface area contributed by atoms with E-state index in [4.69, 9.17) is 10.5 Å². The number of rotatable bonds is 2. The van der Waals surface area contributed by atoms with Crippen molar-refractivity contribution in [1.29, 1.82) is 0 Å². The molecule has 0 saturated heterocycles. The van der Waals surface area contributed by atoms with Crippen LogP contribution < -0.4 is 10.5 Å². The van der Waals surface area contributed by atoms with Crippen LogP contribution >= 0.6 is 11.5 Å². The molecule has 3 nitrogen and oxygen atoms in total. The summed E-state index contributed by atoms with van der Waals surface area (Å²) in [5.74, 6) is 0.668. The third kappa shape index (κ3) is 1.83. The molecule has 0 aliphatic rings. The van der Waals surface area contributed by atoms with Crippen LogP contribution in [0.1, 0.15) is 0 Å². The van der Waals surface area contributed by atoms with Gasteiger partial charge in [0.1, 0.15) is 0 Å². The van der Waals surface area contributed by atoms with Gasteiger partial charge in [-0.2, -0.15) is 4.37 Å². The van der Waals surface area contributed by atoms with E-state index in [-0.39, 0.29) is 0 Å². The SMILES string of the molecule is Nc1ccccc1Oc1snc2ccccc12. The molecule has 0 unspecified atom stereocenters. The number of nitrogens with zero attached hydrogens (tertiary/aromatic N) is 1. The van der Waals surface area contributed by atoms with Crippen molar-refractivity contribution < 1.29 is 4.74 Å². The van der Waals surface area contributed by atoms with Gasteiger partial charge in [-0.1, -0.05) is 24.3 Å². The molecular weight excluding hydrogens is 232 g/mol. The predicted molar refractivity (Wildman–Crippen MR) is 70.5 cm³/mol. The second-order valence-corrected chi connectivity index (χ2v) is 4.36. The minimum Gasteiger partial charge on any atom is -0.442 e. The summed E-state index contributed by atoms with van der Waals surface area (Å²) in [5, 5.41) is 1.79. The van der Waals surface area contributed by atoms with E-state index in [1.54, 1.807) is 0 Å². The van der Waals surface area contributed by atoms with Gasteiger partial charge in [0, 0.05) is 11.5 Å². The van der Waals surface area contributed by atoms with Crippen molar-refractivity contribution in [2.75, 3.05) is 5.73 Å². The predicted octanol–water partition coefficient (Wildman–Crippen LogP) is 3.67. The van der Waals surface area contributed by atoms with Gasteiger partial charge in [-0.3, -0.25) is 0 Å². The van der Waals surface area contributed by atoms with Crippen molar-refractivity contribution >= 4 is 28.1 Å². The highest BCUT2D eigenvalue weighted by atomic mass is 32.1. The number of para-hydroxylation sites is 2. The Morgan fingerprint density at radius 3 is 2.65 bits per heavy atom. The summed E-state index contributed by atoms with van der Waals surface area (Å²) in [6.07, 6.45) is 0. The molecule has 4 heteroatoms. The maximum absolute atomic E-state index is 5.84. The lowest BCUT2D eigenvalue weighted by Crippen LogP contribution is -1.89. The van der Waals surface area contributed by atoms with Crippen molar-refractivity contribution in [2.24, 2.45) is 0 Å². The van der Waals surface area contributed by atoms with Crippen LogP contribution in [0, 0.1) is 0 Å². The normalized spacial score (nSPS) is 10.6. The van der Waals surface area contributed by atoms with Crippen molar-refractivity contribution in [3.05, 3.63) is 48.5 Å². The third-order valence-corrected chi connectivity index (χ3v) is 3.23. The Morgan fingerprint density at radius 1 is 1.00 bits per heavy atom. The highest BCUT2D eigenvalue weighted by Gasteiger charge is 2.08. The molecule has 0 bridgehead atoms. The first-order valence-electron chi connectivity index (χ1n) is 5.21. The summed E-state index contributed by atoms with van der Waals surface area (Å²) in [6.45, 7) is 0. The standard InChI is InChI=1S/C13H10N2OS/c14-10-6-2-4-8-12(10)16-13-9-5-1-3-7-11(9)15-17-13/h1-8H,14H2. The Hall–Kier alpha value is -2.07. The molecule has 17 heavy (non-hydrogen) atoms. The molecule has 3 rings (SSSR count). The number of anilines is 1. The van der Waals surface area contributed by atoms with Gasteiger partial charge in [0.15, 0.2) is 5.75 Å². The number of ether oxygens (including phenoxy) is 1.